The second-order valence-corrected chi connectivity index (χ2v) is 4.00. The Hall–Kier alpha value is 1.43. The summed E-state index contributed by atoms with van der Waals surface area (Å²) < 4.78 is 0. The summed E-state index contributed by atoms with van der Waals surface area (Å²) in [7, 11) is 0. The summed E-state index contributed by atoms with van der Waals surface area (Å²) in [5.41, 5.74) is 4.19. The first-order valence-electron chi connectivity index (χ1n) is 3.32. The molecule has 1 radical (unpaired) electrons. The minimum Gasteiger partial charge on any atom is -0.268 e. The molecule has 1 rings (SSSR count). The molecule has 0 unspecified atom stereocenters. The SMILES string of the molecule is BrCC1=[C-]CC(CBr)=C1CBr.[Co]. The van der Waals surface area contributed by atoms with E-state index < -0.39 is 0 Å². The molecule has 0 nitrogen and oxygen atoms in total. The zero-order valence-corrected chi connectivity index (χ0v) is 12.1. The fourth-order valence-corrected chi connectivity index (χ4v) is 2.88. The van der Waals surface area contributed by atoms with E-state index in [0.29, 0.717) is 0 Å². The molecule has 12 heavy (non-hydrogen) atoms. The third kappa shape index (κ3) is 2.98. The van der Waals surface area contributed by atoms with Crippen molar-refractivity contribution in [3.63, 3.8) is 0 Å². The van der Waals surface area contributed by atoms with Gasteiger partial charge in [-0.05, 0) is 10.7 Å². The van der Waals surface area contributed by atoms with Crippen molar-refractivity contribution in [2.75, 3.05) is 16.0 Å². The fraction of sp³-hybridized carbons (Fsp3) is 0.500. The van der Waals surface area contributed by atoms with Crippen molar-refractivity contribution < 1.29 is 16.8 Å². The molecular formula is C8H8Br3Co-. The number of hydrogen-bond donors (Lipinski definition) is 0. The Labute approximate surface area is 109 Å². The Bertz CT molecular complexity index is 208. The van der Waals surface area contributed by atoms with Crippen molar-refractivity contribution in [1.82, 2.24) is 0 Å². The number of alkyl halides is 3. The summed E-state index contributed by atoms with van der Waals surface area (Å²) in [4.78, 5) is 0. The minimum absolute atomic E-state index is 0. The largest absolute Gasteiger partial charge is 0.268 e. The summed E-state index contributed by atoms with van der Waals surface area (Å²) in [6, 6.07) is 0. The van der Waals surface area contributed by atoms with Crippen molar-refractivity contribution in [2.24, 2.45) is 0 Å². The van der Waals surface area contributed by atoms with Gasteiger partial charge in [-0.2, -0.15) is 11.1 Å². The molecule has 1 aliphatic carbocycles. The molecular weight excluding hydrogens is 395 g/mol. The summed E-state index contributed by atoms with van der Waals surface area (Å²) in [6.45, 7) is 0. The molecule has 0 spiro atoms. The van der Waals surface area contributed by atoms with Crippen LogP contribution in [0, 0.1) is 6.08 Å². The van der Waals surface area contributed by atoms with Gasteiger partial charge in [-0.3, -0.25) is 6.08 Å². The molecule has 4 heteroatoms. The minimum atomic E-state index is 0. The monoisotopic (exact) mass is 400 g/mol. The van der Waals surface area contributed by atoms with Gasteiger partial charge in [-0.25, -0.2) is 5.57 Å². The van der Waals surface area contributed by atoms with E-state index in [4.69, 9.17) is 0 Å². The molecule has 0 N–H and O–H groups in total. The zero-order valence-electron chi connectivity index (χ0n) is 6.30. The van der Waals surface area contributed by atoms with Crippen molar-refractivity contribution in [1.29, 1.82) is 0 Å². The molecule has 0 atom stereocenters. The topological polar surface area (TPSA) is 0 Å². The Balaban J connectivity index is 0.00000121. The Morgan fingerprint density at radius 2 is 1.75 bits per heavy atom. The van der Waals surface area contributed by atoms with Gasteiger partial charge in [-0.15, -0.1) is 22.4 Å². The van der Waals surface area contributed by atoms with Crippen molar-refractivity contribution in [2.45, 2.75) is 6.42 Å². The van der Waals surface area contributed by atoms with E-state index in [1.807, 2.05) is 0 Å². The average Bonchev–Trinajstić information content (AvgIpc) is 2.45. The van der Waals surface area contributed by atoms with Crippen LogP contribution in [0.25, 0.3) is 0 Å². The Morgan fingerprint density at radius 3 is 2.17 bits per heavy atom. The molecule has 71 valence electrons. The van der Waals surface area contributed by atoms with Crippen LogP contribution < -0.4 is 0 Å². The first-order chi connectivity index (χ1) is 5.33. The maximum atomic E-state index is 3.48. The van der Waals surface area contributed by atoms with Crippen LogP contribution in [0.2, 0.25) is 0 Å². The molecule has 0 fully saturated rings. The third-order valence-corrected chi connectivity index (χ3v) is 3.53. The molecule has 0 saturated heterocycles. The maximum Gasteiger partial charge on any atom is 0.00736 e. The number of halogens is 3. The Kier molecular flexibility index (Phi) is 7.63. The van der Waals surface area contributed by atoms with Crippen molar-refractivity contribution in [3.05, 3.63) is 22.8 Å². The van der Waals surface area contributed by atoms with Gasteiger partial charge in [0.15, 0.2) is 0 Å². The molecule has 0 aromatic carbocycles. The molecule has 0 saturated carbocycles. The molecule has 0 heterocycles. The van der Waals surface area contributed by atoms with Gasteiger partial charge in [0, 0.05) is 22.1 Å². The van der Waals surface area contributed by atoms with E-state index in [0.717, 1.165) is 22.4 Å². The number of hydrogen-bond acceptors (Lipinski definition) is 0. The van der Waals surface area contributed by atoms with Crippen LogP contribution in [0.4, 0.5) is 0 Å². The van der Waals surface area contributed by atoms with Gasteiger partial charge >= 0.3 is 0 Å². The van der Waals surface area contributed by atoms with E-state index in [1.54, 1.807) is 0 Å². The number of rotatable bonds is 3. The van der Waals surface area contributed by atoms with Crippen molar-refractivity contribution >= 4 is 47.8 Å². The fourth-order valence-electron chi connectivity index (χ4n) is 1.07. The smallest absolute Gasteiger partial charge is 0.00736 e. The van der Waals surface area contributed by atoms with Gasteiger partial charge in [0.1, 0.15) is 0 Å². The van der Waals surface area contributed by atoms with Crippen LogP contribution in [0.3, 0.4) is 0 Å². The summed E-state index contributed by atoms with van der Waals surface area (Å²) >= 11 is 10.4. The second-order valence-electron chi connectivity index (χ2n) is 2.32. The van der Waals surface area contributed by atoms with Gasteiger partial charge in [0.05, 0.1) is 0 Å². The first kappa shape index (κ1) is 13.4. The first-order valence-corrected chi connectivity index (χ1v) is 6.68. The van der Waals surface area contributed by atoms with Crippen LogP contribution in [-0.2, 0) is 16.8 Å². The zero-order chi connectivity index (χ0) is 8.27. The van der Waals surface area contributed by atoms with Crippen LogP contribution in [-0.4, -0.2) is 16.0 Å². The molecule has 1 aliphatic rings. The maximum absolute atomic E-state index is 3.48. The van der Waals surface area contributed by atoms with E-state index in [2.05, 4.69) is 53.9 Å². The molecule has 0 aromatic heterocycles. The third-order valence-electron chi connectivity index (χ3n) is 1.73. The second kappa shape index (κ2) is 6.82. The molecule has 0 bridgehead atoms. The normalized spacial score (nSPS) is 16.1. The molecule has 0 aromatic rings. The number of allylic oxidation sites excluding steroid dienone is 4. The van der Waals surface area contributed by atoms with E-state index in [-0.39, 0.29) is 16.8 Å². The predicted molar refractivity (Wildman–Crippen MR) is 59.8 cm³/mol. The standard InChI is InChI=1S/C8H8Br3.Co/c9-3-6-1-2-7(4-10)8(6)5-11;/h1,3-5H2;/q-1;. The van der Waals surface area contributed by atoms with E-state index >= 15 is 0 Å². The average molecular weight is 403 g/mol. The summed E-state index contributed by atoms with van der Waals surface area (Å²) in [5.74, 6) is 0. The molecule has 0 amide bonds. The van der Waals surface area contributed by atoms with Crippen LogP contribution >= 0.6 is 47.8 Å². The van der Waals surface area contributed by atoms with Gasteiger partial charge in [-0.1, -0.05) is 31.9 Å². The Morgan fingerprint density at radius 1 is 1.08 bits per heavy atom. The van der Waals surface area contributed by atoms with E-state index in [9.17, 15) is 0 Å². The van der Waals surface area contributed by atoms with Gasteiger partial charge in [0.25, 0.3) is 0 Å². The predicted octanol–water partition coefficient (Wildman–Crippen LogP) is 3.60. The van der Waals surface area contributed by atoms with Gasteiger partial charge in [0.2, 0.25) is 0 Å². The summed E-state index contributed by atoms with van der Waals surface area (Å²) in [5, 5.41) is 2.84. The van der Waals surface area contributed by atoms with Gasteiger partial charge < -0.3 is 0 Å². The van der Waals surface area contributed by atoms with Crippen LogP contribution in [0.15, 0.2) is 16.7 Å². The summed E-state index contributed by atoms with van der Waals surface area (Å²) in [6.07, 6.45) is 4.34. The molecule has 0 aliphatic heterocycles. The van der Waals surface area contributed by atoms with Crippen molar-refractivity contribution in [3.8, 4) is 0 Å². The van der Waals surface area contributed by atoms with E-state index in [1.165, 1.54) is 16.7 Å². The quantitative estimate of drug-likeness (QED) is 0.500. The van der Waals surface area contributed by atoms with Crippen LogP contribution in [0.1, 0.15) is 6.42 Å². The van der Waals surface area contributed by atoms with Crippen LogP contribution in [0.5, 0.6) is 0 Å².